The fraction of sp³-hybridized carbons (Fsp3) is 0.333. The highest BCUT2D eigenvalue weighted by Crippen LogP contribution is 2.25. The molecule has 0 fully saturated rings. The molecule has 0 heterocycles. The minimum atomic E-state index is 0.103. The average molecular weight is 364 g/mol. The maximum absolute atomic E-state index is 8.58. The van der Waals surface area contributed by atoms with E-state index in [1.807, 2.05) is 12.1 Å². The van der Waals surface area contributed by atoms with Gasteiger partial charge < -0.3 is 41.8 Å². The van der Waals surface area contributed by atoms with Gasteiger partial charge in [0.2, 0.25) is 0 Å². The maximum Gasteiger partial charge on any atom is 0.141 e. The van der Waals surface area contributed by atoms with Crippen molar-refractivity contribution in [2.75, 3.05) is 62.6 Å². The van der Waals surface area contributed by atoms with Crippen molar-refractivity contribution in [3.63, 3.8) is 0 Å². The normalized spacial score (nSPS) is 9.69. The summed E-state index contributed by atoms with van der Waals surface area (Å²) in [6.07, 6.45) is 0. The Hall–Kier alpha value is -2.84. The molecule has 2 rings (SSSR count). The number of rotatable bonds is 8. The summed E-state index contributed by atoms with van der Waals surface area (Å²) >= 11 is 0. The van der Waals surface area contributed by atoms with E-state index in [1.165, 1.54) is 0 Å². The molecule has 0 saturated heterocycles. The number of ether oxygens (including phenoxy) is 2. The first-order valence-corrected chi connectivity index (χ1v) is 8.12. The Kier molecular flexibility index (Phi) is 9.52. The molecule has 8 nitrogen and oxygen atoms in total. The number of benzene rings is 2. The van der Waals surface area contributed by atoms with Crippen LogP contribution in [0.5, 0.6) is 11.5 Å². The third kappa shape index (κ3) is 6.96. The van der Waals surface area contributed by atoms with E-state index in [0.29, 0.717) is 36.0 Å². The first-order chi connectivity index (χ1) is 12.5. The average Bonchev–Trinajstić information content (AvgIpc) is 2.65. The second kappa shape index (κ2) is 11.7. The number of nitrogens with two attached hydrogens (primary N) is 2. The van der Waals surface area contributed by atoms with E-state index in [2.05, 4.69) is 10.6 Å². The standard InChI is InChI=1S/2C9H14N2O2/c2*1-13-9-3-2-7(6-8(9)10)11-4-5-12/h2*2-3,6,11-12H,4-5,10H2,1H3. The monoisotopic (exact) mass is 364 g/mol. The van der Waals surface area contributed by atoms with Gasteiger partial charge in [-0.3, -0.25) is 0 Å². The molecule has 0 unspecified atom stereocenters. The van der Waals surface area contributed by atoms with Gasteiger partial charge in [0.05, 0.1) is 38.8 Å². The molecule has 2 aromatic rings. The zero-order chi connectivity index (χ0) is 19.4. The predicted molar refractivity (Wildman–Crippen MR) is 106 cm³/mol. The Morgan fingerprint density at radius 1 is 0.769 bits per heavy atom. The van der Waals surface area contributed by atoms with Crippen molar-refractivity contribution in [2.24, 2.45) is 0 Å². The summed E-state index contributed by atoms with van der Waals surface area (Å²) < 4.78 is 10.0. The molecular weight excluding hydrogens is 336 g/mol. The van der Waals surface area contributed by atoms with Crippen LogP contribution in [-0.2, 0) is 0 Å². The number of nitrogens with one attached hydrogen (secondary N) is 2. The van der Waals surface area contributed by atoms with Crippen LogP contribution in [0.25, 0.3) is 0 Å². The number of nitrogen functional groups attached to an aromatic ring is 2. The fourth-order valence-electron chi connectivity index (χ4n) is 2.09. The summed E-state index contributed by atoms with van der Waals surface area (Å²) in [6, 6.07) is 10.8. The summed E-state index contributed by atoms with van der Waals surface area (Å²) in [5, 5.41) is 23.2. The van der Waals surface area contributed by atoms with Gasteiger partial charge in [-0.25, -0.2) is 0 Å². The lowest BCUT2D eigenvalue weighted by Crippen LogP contribution is -2.05. The molecule has 0 radical (unpaired) electrons. The summed E-state index contributed by atoms with van der Waals surface area (Å²) in [6.45, 7) is 1.25. The number of hydrogen-bond acceptors (Lipinski definition) is 8. The van der Waals surface area contributed by atoms with Crippen LogP contribution < -0.4 is 31.6 Å². The van der Waals surface area contributed by atoms with Gasteiger partial charge in [-0.05, 0) is 36.4 Å². The molecule has 0 aromatic heterocycles. The molecule has 0 atom stereocenters. The molecule has 8 heteroatoms. The zero-order valence-corrected chi connectivity index (χ0v) is 15.2. The Balaban J connectivity index is 0.000000260. The van der Waals surface area contributed by atoms with Crippen LogP contribution in [0.3, 0.4) is 0 Å². The maximum atomic E-state index is 8.58. The number of anilines is 4. The van der Waals surface area contributed by atoms with Crippen molar-refractivity contribution in [3.8, 4) is 11.5 Å². The minimum Gasteiger partial charge on any atom is -0.495 e. The minimum absolute atomic E-state index is 0.103. The molecule has 26 heavy (non-hydrogen) atoms. The third-order valence-electron chi connectivity index (χ3n) is 3.34. The first-order valence-electron chi connectivity index (χ1n) is 8.12. The van der Waals surface area contributed by atoms with Gasteiger partial charge in [-0.1, -0.05) is 0 Å². The summed E-state index contributed by atoms with van der Waals surface area (Å²) in [5.74, 6) is 1.32. The SMILES string of the molecule is COc1ccc(NCCO)cc1N.COc1ccc(NCCO)cc1N. The summed E-state index contributed by atoms with van der Waals surface area (Å²) in [4.78, 5) is 0. The van der Waals surface area contributed by atoms with E-state index in [9.17, 15) is 0 Å². The molecule has 0 bridgehead atoms. The van der Waals surface area contributed by atoms with Gasteiger partial charge in [-0.15, -0.1) is 0 Å². The van der Waals surface area contributed by atoms with Crippen LogP contribution in [0.1, 0.15) is 0 Å². The van der Waals surface area contributed by atoms with Crippen molar-refractivity contribution in [2.45, 2.75) is 0 Å². The molecule has 8 N–H and O–H groups in total. The highest BCUT2D eigenvalue weighted by Gasteiger charge is 2.00. The first kappa shape index (κ1) is 21.2. The van der Waals surface area contributed by atoms with Gasteiger partial charge in [-0.2, -0.15) is 0 Å². The van der Waals surface area contributed by atoms with Gasteiger partial charge in [0.25, 0.3) is 0 Å². The molecule has 0 amide bonds. The fourth-order valence-corrected chi connectivity index (χ4v) is 2.09. The molecule has 0 aliphatic rings. The zero-order valence-electron chi connectivity index (χ0n) is 15.2. The van der Waals surface area contributed by atoms with Gasteiger partial charge in [0.1, 0.15) is 11.5 Å². The Labute approximate surface area is 153 Å². The van der Waals surface area contributed by atoms with Gasteiger partial charge >= 0.3 is 0 Å². The van der Waals surface area contributed by atoms with E-state index >= 15 is 0 Å². The van der Waals surface area contributed by atoms with E-state index < -0.39 is 0 Å². The van der Waals surface area contributed by atoms with Gasteiger partial charge in [0, 0.05) is 24.5 Å². The van der Waals surface area contributed by atoms with Crippen molar-refractivity contribution in [3.05, 3.63) is 36.4 Å². The topological polar surface area (TPSA) is 135 Å². The Morgan fingerprint density at radius 2 is 1.15 bits per heavy atom. The second-order valence-electron chi connectivity index (χ2n) is 5.21. The van der Waals surface area contributed by atoms with E-state index in [0.717, 1.165) is 11.4 Å². The summed E-state index contributed by atoms with van der Waals surface area (Å²) in [7, 11) is 3.15. The van der Waals surface area contributed by atoms with Crippen molar-refractivity contribution < 1.29 is 19.7 Å². The molecule has 2 aromatic carbocycles. The largest absolute Gasteiger partial charge is 0.495 e. The van der Waals surface area contributed by atoms with E-state index in [-0.39, 0.29) is 13.2 Å². The molecule has 0 spiro atoms. The van der Waals surface area contributed by atoms with Gasteiger partial charge in [0.15, 0.2) is 0 Å². The number of aliphatic hydroxyl groups is 2. The highest BCUT2D eigenvalue weighted by atomic mass is 16.5. The van der Waals surface area contributed by atoms with Crippen molar-refractivity contribution in [1.82, 2.24) is 0 Å². The molecular formula is C18H28N4O4. The third-order valence-corrected chi connectivity index (χ3v) is 3.34. The summed E-state index contributed by atoms with van der Waals surface area (Å²) in [5.41, 5.74) is 14.3. The highest BCUT2D eigenvalue weighted by molar-refractivity contribution is 5.63. The Bertz CT molecular complexity index is 610. The predicted octanol–water partition coefficient (Wildman–Crippen LogP) is 1.36. The number of methoxy groups -OCH3 is 2. The van der Waals surface area contributed by atoms with Crippen molar-refractivity contribution >= 4 is 22.7 Å². The lowest BCUT2D eigenvalue weighted by atomic mass is 10.2. The van der Waals surface area contributed by atoms with Crippen LogP contribution in [0, 0.1) is 0 Å². The van der Waals surface area contributed by atoms with Crippen LogP contribution >= 0.6 is 0 Å². The molecule has 0 saturated carbocycles. The number of aliphatic hydroxyl groups excluding tert-OH is 2. The van der Waals surface area contributed by atoms with Crippen LogP contribution in [0.15, 0.2) is 36.4 Å². The van der Waals surface area contributed by atoms with Crippen LogP contribution in [0.2, 0.25) is 0 Å². The van der Waals surface area contributed by atoms with E-state index in [4.69, 9.17) is 31.2 Å². The van der Waals surface area contributed by atoms with Crippen LogP contribution in [0.4, 0.5) is 22.7 Å². The second-order valence-corrected chi connectivity index (χ2v) is 5.21. The lowest BCUT2D eigenvalue weighted by Gasteiger charge is -2.08. The molecule has 0 aliphatic heterocycles. The van der Waals surface area contributed by atoms with Crippen LogP contribution in [-0.4, -0.2) is 50.7 Å². The molecule has 144 valence electrons. The molecule has 0 aliphatic carbocycles. The quantitative estimate of drug-likeness (QED) is 0.387. The lowest BCUT2D eigenvalue weighted by molar-refractivity contribution is 0.311. The van der Waals surface area contributed by atoms with E-state index in [1.54, 1.807) is 38.5 Å². The number of hydrogen-bond donors (Lipinski definition) is 6. The van der Waals surface area contributed by atoms with Crippen molar-refractivity contribution in [1.29, 1.82) is 0 Å². The Morgan fingerprint density at radius 3 is 1.42 bits per heavy atom. The smallest absolute Gasteiger partial charge is 0.141 e.